The molecule has 1 aliphatic carbocycles. The first kappa shape index (κ1) is 13.8. The van der Waals surface area contributed by atoms with Gasteiger partial charge in [-0.1, -0.05) is 13.3 Å². The van der Waals surface area contributed by atoms with Crippen LogP contribution in [0.4, 0.5) is 4.79 Å². The number of aliphatic carboxylic acids is 1. The molecule has 0 saturated heterocycles. The van der Waals surface area contributed by atoms with Crippen LogP contribution in [0, 0.1) is 5.92 Å². The molecule has 1 rings (SSSR count). The molecule has 0 radical (unpaired) electrons. The van der Waals surface area contributed by atoms with Crippen LogP contribution in [0.1, 0.15) is 46.0 Å². The van der Waals surface area contributed by atoms with Crippen LogP contribution in [0.5, 0.6) is 0 Å². The number of carbonyl (C=O) groups excluding carboxylic acids is 1. The lowest BCUT2D eigenvalue weighted by atomic mass is 9.79. The highest BCUT2D eigenvalue weighted by molar-refractivity contribution is 5.75. The van der Waals surface area contributed by atoms with E-state index in [0.717, 1.165) is 25.7 Å². The Kier molecular flexibility index (Phi) is 4.78. The highest BCUT2D eigenvalue weighted by atomic mass is 16.4. The molecule has 5 heteroatoms. The van der Waals surface area contributed by atoms with E-state index < -0.39 is 5.97 Å². The lowest BCUT2D eigenvalue weighted by Gasteiger charge is -2.39. The van der Waals surface area contributed by atoms with Crippen molar-refractivity contribution in [1.82, 2.24) is 10.6 Å². The SMILES string of the molecule is CCC(CNC(=O)NC1(C)CCC1)CC(=O)O. The minimum absolute atomic E-state index is 0.00690. The van der Waals surface area contributed by atoms with E-state index in [9.17, 15) is 9.59 Å². The highest BCUT2D eigenvalue weighted by Gasteiger charge is 2.33. The molecule has 0 heterocycles. The van der Waals surface area contributed by atoms with Crippen LogP contribution in [-0.2, 0) is 4.79 Å². The van der Waals surface area contributed by atoms with Crippen molar-refractivity contribution in [2.45, 2.75) is 51.5 Å². The number of carboxylic acids is 1. The van der Waals surface area contributed by atoms with E-state index in [-0.39, 0.29) is 23.9 Å². The molecule has 17 heavy (non-hydrogen) atoms. The second-order valence-electron chi connectivity index (χ2n) is 5.12. The first-order chi connectivity index (χ1) is 7.95. The summed E-state index contributed by atoms with van der Waals surface area (Å²) in [6.45, 7) is 4.38. The number of amides is 2. The zero-order valence-electron chi connectivity index (χ0n) is 10.6. The van der Waals surface area contributed by atoms with E-state index in [4.69, 9.17) is 5.11 Å². The molecule has 1 atom stereocenters. The van der Waals surface area contributed by atoms with Crippen LogP contribution in [0.2, 0.25) is 0 Å². The van der Waals surface area contributed by atoms with Gasteiger partial charge in [0, 0.05) is 18.5 Å². The van der Waals surface area contributed by atoms with Crippen molar-refractivity contribution in [3.8, 4) is 0 Å². The van der Waals surface area contributed by atoms with E-state index in [1.165, 1.54) is 0 Å². The van der Waals surface area contributed by atoms with E-state index in [1.54, 1.807) is 0 Å². The van der Waals surface area contributed by atoms with Gasteiger partial charge in [0.15, 0.2) is 0 Å². The van der Waals surface area contributed by atoms with Crippen LogP contribution in [0.25, 0.3) is 0 Å². The maximum atomic E-state index is 11.6. The van der Waals surface area contributed by atoms with E-state index in [2.05, 4.69) is 10.6 Å². The van der Waals surface area contributed by atoms with Crippen molar-refractivity contribution in [1.29, 1.82) is 0 Å². The van der Waals surface area contributed by atoms with Gasteiger partial charge in [0.25, 0.3) is 0 Å². The summed E-state index contributed by atoms with van der Waals surface area (Å²) in [5.74, 6) is -0.808. The Morgan fingerprint density at radius 3 is 2.47 bits per heavy atom. The number of urea groups is 1. The molecule has 0 spiro atoms. The Bertz CT molecular complexity index is 287. The largest absolute Gasteiger partial charge is 0.481 e. The molecule has 0 aromatic carbocycles. The maximum absolute atomic E-state index is 11.6. The fraction of sp³-hybridized carbons (Fsp3) is 0.833. The zero-order valence-corrected chi connectivity index (χ0v) is 10.6. The summed E-state index contributed by atoms with van der Waals surface area (Å²) in [4.78, 5) is 22.2. The predicted molar refractivity (Wildman–Crippen MR) is 64.8 cm³/mol. The Labute approximate surface area is 102 Å². The lowest BCUT2D eigenvalue weighted by Crippen LogP contribution is -2.54. The Balaban J connectivity index is 2.23. The van der Waals surface area contributed by atoms with Gasteiger partial charge in [-0.2, -0.15) is 0 Å². The van der Waals surface area contributed by atoms with Gasteiger partial charge < -0.3 is 15.7 Å². The van der Waals surface area contributed by atoms with E-state index in [1.807, 2.05) is 13.8 Å². The first-order valence-electron chi connectivity index (χ1n) is 6.23. The maximum Gasteiger partial charge on any atom is 0.315 e. The third kappa shape index (κ3) is 4.63. The zero-order chi connectivity index (χ0) is 12.9. The quantitative estimate of drug-likeness (QED) is 0.663. The molecular formula is C12H22N2O3. The van der Waals surface area contributed by atoms with Gasteiger partial charge in [-0.25, -0.2) is 4.79 Å². The summed E-state index contributed by atoms with van der Waals surface area (Å²) < 4.78 is 0. The molecule has 98 valence electrons. The van der Waals surface area contributed by atoms with Gasteiger partial charge in [-0.3, -0.25) is 4.79 Å². The number of carboxylic acid groups (broad SMARTS) is 1. The minimum Gasteiger partial charge on any atom is -0.481 e. The van der Waals surface area contributed by atoms with Gasteiger partial charge in [0.2, 0.25) is 0 Å². The molecule has 1 saturated carbocycles. The van der Waals surface area contributed by atoms with Gasteiger partial charge in [-0.05, 0) is 32.1 Å². The summed E-state index contributed by atoms with van der Waals surface area (Å²) in [6.07, 6.45) is 4.06. The van der Waals surface area contributed by atoms with Gasteiger partial charge in [0.1, 0.15) is 0 Å². The van der Waals surface area contributed by atoms with Gasteiger partial charge in [0.05, 0.1) is 0 Å². The molecule has 0 aromatic rings. The number of rotatable bonds is 6. The molecular weight excluding hydrogens is 220 g/mol. The topological polar surface area (TPSA) is 78.4 Å². The normalized spacial score (nSPS) is 18.9. The predicted octanol–water partition coefficient (Wildman–Crippen LogP) is 1.73. The molecule has 1 unspecified atom stereocenters. The molecule has 3 N–H and O–H groups in total. The number of hydrogen-bond acceptors (Lipinski definition) is 2. The van der Waals surface area contributed by atoms with E-state index >= 15 is 0 Å². The highest BCUT2D eigenvalue weighted by Crippen LogP contribution is 2.30. The second kappa shape index (κ2) is 5.89. The minimum atomic E-state index is -0.815. The summed E-state index contributed by atoms with van der Waals surface area (Å²) in [5, 5.41) is 14.4. The molecule has 1 aliphatic rings. The van der Waals surface area contributed by atoms with Crippen LogP contribution >= 0.6 is 0 Å². The van der Waals surface area contributed by atoms with Gasteiger partial charge >= 0.3 is 12.0 Å². The Hall–Kier alpha value is -1.26. The van der Waals surface area contributed by atoms with Crippen molar-refractivity contribution >= 4 is 12.0 Å². The van der Waals surface area contributed by atoms with Crippen molar-refractivity contribution in [2.24, 2.45) is 5.92 Å². The van der Waals surface area contributed by atoms with Crippen LogP contribution in [0.15, 0.2) is 0 Å². The van der Waals surface area contributed by atoms with Crippen molar-refractivity contribution in [2.75, 3.05) is 6.54 Å². The van der Waals surface area contributed by atoms with Crippen LogP contribution < -0.4 is 10.6 Å². The molecule has 5 nitrogen and oxygen atoms in total. The standard InChI is InChI=1S/C12H22N2O3/c1-3-9(7-10(15)16)8-13-11(17)14-12(2)5-4-6-12/h9H,3-8H2,1-2H3,(H,15,16)(H2,13,14,17). The summed E-state index contributed by atoms with van der Waals surface area (Å²) in [6, 6.07) is -0.184. The monoisotopic (exact) mass is 242 g/mol. The Morgan fingerprint density at radius 2 is 2.06 bits per heavy atom. The fourth-order valence-corrected chi connectivity index (χ4v) is 2.00. The summed E-state index contributed by atoms with van der Waals surface area (Å²) in [7, 11) is 0. The molecule has 2 amide bonds. The molecule has 0 bridgehead atoms. The molecule has 0 aliphatic heterocycles. The van der Waals surface area contributed by atoms with Crippen molar-refractivity contribution in [3.05, 3.63) is 0 Å². The Morgan fingerprint density at radius 1 is 1.41 bits per heavy atom. The molecule has 1 fully saturated rings. The number of hydrogen-bond donors (Lipinski definition) is 3. The third-order valence-electron chi connectivity index (χ3n) is 3.46. The fourth-order valence-electron chi connectivity index (χ4n) is 2.00. The van der Waals surface area contributed by atoms with Gasteiger partial charge in [-0.15, -0.1) is 0 Å². The van der Waals surface area contributed by atoms with Crippen molar-refractivity contribution in [3.63, 3.8) is 0 Å². The van der Waals surface area contributed by atoms with Crippen molar-refractivity contribution < 1.29 is 14.7 Å². The summed E-state index contributed by atoms with van der Waals surface area (Å²) in [5.41, 5.74) is -0.0570. The van der Waals surface area contributed by atoms with E-state index in [0.29, 0.717) is 6.54 Å². The van der Waals surface area contributed by atoms with Crippen LogP contribution in [0.3, 0.4) is 0 Å². The van der Waals surface area contributed by atoms with Crippen LogP contribution in [-0.4, -0.2) is 29.2 Å². The molecule has 0 aromatic heterocycles. The average molecular weight is 242 g/mol. The second-order valence-corrected chi connectivity index (χ2v) is 5.12. The first-order valence-corrected chi connectivity index (χ1v) is 6.23. The number of nitrogens with one attached hydrogen (secondary N) is 2. The lowest BCUT2D eigenvalue weighted by molar-refractivity contribution is -0.138. The average Bonchev–Trinajstić information content (AvgIpc) is 2.21. The smallest absolute Gasteiger partial charge is 0.315 e. The summed E-state index contributed by atoms with van der Waals surface area (Å²) >= 11 is 0. The third-order valence-corrected chi connectivity index (χ3v) is 3.46. The number of carbonyl (C=O) groups is 2.